The SMILES string of the molecule is CC1=CC(=Nc2c(OCCN3CCCC3)nn3ccccc23)C(N)=C(Cl)C1=O. The molecule has 1 aliphatic carbocycles. The predicted molar refractivity (Wildman–Crippen MR) is 109 cm³/mol. The highest BCUT2D eigenvalue weighted by Crippen LogP contribution is 2.33. The maximum atomic E-state index is 12.0. The van der Waals surface area contributed by atoms with E-state index in [0.29, 0.717) is 29.5 Å². The quantitative estimate of drug-likeness (QED) is 0.781. The number of ketones is 1. The Balaban J connectivity index is 1.68. The number of pyridine rings is 1. The molecule has 146 valence electrons. The van der Waals surface area contributed by atoms with Crippen molar-refractivity contribution in [2.45, 2.75) is 19.8 Å². The molecule has 7 nitrogen and oxygen atoms in total. The number of likely N-dealkylation sites (tertiary alicyclic amines) is 1. The minimum atomic E-state index is -0.278. The summed E-state index contributed by atoms with van der Waals surface area (Å²) in [6.07, 6.45) is 5.96. The van der Waals surface area contributed by atoms with E-state index < -0.39 is 0 Å². The highest BCUT2D eigenvalue weighted by molar-refractivity contribution is 6.49. The van der Waals surface area contributed by atoms with Crippen LogP contribution in [0.25, 0.3) is 5.52 Å². The number of carbonyl (C=O) groups is 1. The first-order valence-electron chi connectivity index (χ1n) is 9.34. The van der Waals surface area contributed by atoms with Gasteiger partial charge in [0.2, 0.25) is 5.78 Å². The van der Waals surface area contributed by atoms with Gasteiger partial charge >= 0.3 is 0 Å². The van der Waals surface area contributed by atoms with Crippen LogP contribution in [0, 0.1) is 0 Å². The molecule has 2 aliphatic rings. The van der Waals surface area contributed by atoms with Gasteiger partial charge in [-0.3, -0.25) is 9.69 Å². The van der Waals surface area contributed by atoms with E-state index in [4.69, 9.17) is 22.1 Å². The van der Waals surface area contributed by atoms with Gasteiger partial charge in [0.15, 0.2) is 5.69 Å². The number of aromatic nitrogens is 2. The molecule has 8 heteroatoms. The van der Waals surface area contributed by atoms with Gasteiger partial charge in [0.05, 0.1) is 16.9 Å². The van der Waals surface area contributed by atoms with Crippen molar-refractivity contribution in [3.63, 3.8) is 0 Å². The van der Waals surface area contributed by atoms with Gasteiger partial charge in [0, 0.05) is 18.3 Å². The van der Waals surface area contributed by atoms with Crippen molar-refractivity contribution in [1.82, 2.24) is 14.5 Å². The second-order valence-electron chi connectivity index (χ2n) is 6.96. The lowest BCUT2D eigenvalue weighted by atomic mass is 10.0. The van der Waals surface area contributed by atoms with E-state index in [0.717, 1.165) is 25.2 Å². The molecule has 3 heterocycles. The lowest BCUT2D eigenvalue weighted by Gasteiger charge is -2.14. The first-order valence-corrected chi connectivity index (χ1v) is 9.72. The van der Waals surface area contributed by atoms with E-state index in [2.05, 4.69) is 15.0 Å². The standard InChI is InChI=1S/C20H22ClN5O2/c1-13-12-14(17(22)16(21)19(13)27)23-18-15-6-2-3-9-26(15)24-20(18)28-11-10-25-7-4-5-8-25/h2-3,6,9,12H,4-5,7-8,10-11,22H2,1H3. The van der Waals surface area contributed by atoms with Crippen molar-refractivity contribution in [3.8, 4) is 5.88 Å². The van der Waals surface area contributed by atoms with Crippen LogP contribution in [0.1, 0.15) is 19.8 Å². The number of nitrogens with zero attached hydrogens (tertiary/aromatic N) is 4. The maximum absolute atomic E-state index is 12.0. The molecule has 2 aromatic heterocycles. The van der Waals surface area contributed by atoms with E-state index in [1.807, 2.05) is 24.4 Å². The Kier molecular flexibility index (Phi) is 5.19. The van der Waals surface area contributed by atoms with Crippen molar-refractivity contribution < 1.29 is 9.53 Å². The molecule has 2 N–H and O–H groups in total. The Morgan fingerprint density at radius 1 is 1.32 bits per heavy atom. The van der Waals surface area contributed by atoms with Crippen LogP contribution in [-0.4, -0.2) is 52.3 Å². The molecular formula is C20H22ClN5O2. The number of fused-ring (bicyclic) bond motifs is 1. The predicted octanol–water partition coefficient (Wildman–Crippen LogP) is 2.82. The number of Topliss-reactive ketones (excluding diaryl/α,β-unsaturated/α-hetero) is 1. The summed E-state index contributed by atoms with van der Waals surface area (Å²) in [5, 5.41) is 4.50. The number of carbonyl (C=O) groups excluding carboxylic acids is 1. The Morgan fingerprint density at radius 2 is 2.11 bits per heavy atom. The summed E-state index contributed by atoms with van der Waals surface area (Å²) in [5.41, 5.74) is 8.50. The molecule has 4 rings (SSSR count). The van der Waals surface area contributed by atoms with Crippen molar-refractivity contribution in [1.29, 1.82) is 0 Å². The molecule has 1 aliphatic heterocycles. The zero-order valence-corrected chi connectivity index (χ0v) is 16.4. The number of hydrogen-bond donors (Lipinski definition) is 1. The van der Waals surface area contributed by atoms with Gasteiger partial charge in [-0.1, -0.05) is 17.7 Å². The summed E-state index contributed by atoms with van der Waals surface area (Å²) in [4.78, 5) is 19.0. The normalized spacial score (nSPS) is 19.7. The van der Waals surface area contributed by atoms with Gasteiger partial charge < -0.3 is 10.5 Å². The molecule has 1 fully saturated rings. The molecule has 0 amide bonds. The Morgan fingerprint density at radius 3 is 2.89 bits per heavy atom. The Labute approximate surface area is 168 Å². The number of ether oxygens (including phenoxy) is 1. The summed E-state index contributed by atoms with van der Waals surface area (Å²) >= 11 is 6.09. The van der Waals surface area contributed by atoms with Gasteiger partial charge in [-0.2, -0.15) is 0 Å². The first kappa shape index (κ1) is 18.7. The fourth-order valence-corrected chi connectivity index (χ4v) is 3.66. The zero-order valence-electron chi connectivity index (χ0n) is 15.7. The molecule has 0 unspecified atom stereocenters. The lowest BCUT2D eigenvalue weighted by molar-refractivity contribution is -0.111. The van der Waals surface area contributed by atoms with Gasteiger partial charge in [0.1, 0.15) is 11.6 Å². The summed E-state index contributed by atoms with van der Waals surface area (Å²) in [7, 11) is 0. The van der Waals surface area contributed by atoms with Crippen LogP contribution in [0.3, 0.4) is 0 Å². The molecule has 0 aromatic carbocycles. The lowest BCUT2D eigenvalue weighted by Crippen LogP contribution is -2.25. The monoisotopic (exact) mass is 399 g/mol. The first-order chi connectivity index (χ1) is 13.5. The fourth-order valence-electron chi connectivity index (χ4n) is 3.41. The van der Waals surface area contributed by atoms with Crippen molar-refractivity contribution >= 4 is 34.3 Å². The summed E-state index contributed by atoms with van der Waals surface area (Å²) in [6, 6.07) is 5.71. The second kappa shape index (κ2) is 7.77. The van der Waals surface area contributed by atoms with E-state index in [1.165, 1.54) is 12.8 Å². The van der Waals surface area contributed by atoms with Gasteiger partial charge in [-0.15, -0.1) is 5.10 Å². The van der Waals surface area contributed by atoms with Crippen LogP contribution in [-0.2, 0) is 4.79 Å². The molecule has 0 spiro atoms. The summed E-state index contributed by atoms with van der Waals surface area (Å²) in [5.74, 6) is 0.157. The van der Waals surface area contributed by atoms with E-state index in [1.54, 1.807) is 17.5 Å². The topological polar surface area (TPSA) is 85.2 Å². The third kappa shape index (κ3) is 3.55. The Hall–Kier alpha value is -2.64. The molecule has 0 bridgehead atoms. The second-order valence-corrected chi connectivity index (χ2v) is 7.34. The van der Waals surface area contributed by atoms with E-state index in [9.17, 15) is 4.79 Å². The fraction of sp³-hybridized carbons (Fsp3) is 0.350. The van der Waals surface area contributed by atoms with Crippen molar-refractivity contribution in [2.75, 3.05) is 26.2 Å². The van der Waals surface area contributed by atoms with Crippen LogP contribution in [0.2, 0.25) is 0 Å². The number of hydrogen-bond acceptors (Lipinski definition) is 6. The highest BCUT2D eigenvalue weighted by Gasteiger charge is 2.23. The molecule has 28 heavy (non-hydrogen) atoms. The average molecular weight is 400 g/mol. The third-order valence-electron chi connectivity index (χ3n) is 4.98. The van der Waals surface area contributed by atoms with Crippen molar-refractivity contribution in [3.05, 3.63) is 46.8 Å². The smallest absolute Gasteiger partial charge is 0.260 e. The van der Waals surface area contributed by atoms with E-state index >= 15 is 0 Å². The van der Waals surface area contributed by atoms with Crippen LogP contribution in [0.5, 0.6) is 5.88 Å². The number of halogens is 1. The molecule has 0 radical (unpaired) electrons. The number of rotatable bonds is 5. The highest BCUT2D eigenvalue weighted by atomic mass is 35.5. The van der Waals surface area contributed by atoms with Crippen molar-refractivity contribution in [2.24, 2.45) is 10.7 Å². The van der Waals surface area contributed by atoms with Crippen LogP contribution in [0.4, 0.5) is 5.69 Å². The average Bonchev–Trinajstić information content (AvgIpc) is 3.33. The number of aliphatic imine (C=N–C) groups is 1. The molecule has 1 saturated heterocycles. The molecule has 2 aromatic rings. The Bertz CT molecular complexity index is 1010. The zero-order chi connectivity index (χ0) is 19.7. The van der Waals surface area contributed by atoms with Gasteiger partial charge in [-0.05, 0) is 51.1 Å². The minimum absolute atomic E-state index is 0.00766. The van der Waals surface area contributed by atoms with Gasteiger partial charge in [-0.25, -0.2) is 9.51 Å². The van der Waals surface area contributed by atoms with E-state index in [-0.39, 0.29) is 16.5 Å². The molecule has 0 atom stereocenters. The minimum Gasteiger partial charge on any atom is -0.474 e. The van der Waals surface area contributed by atoms with Gasteiger partial charge in [0.25, 0.3) is 5.88 Å². The molecular weight excluding hydrogens is 378 g/mol. The maximum Gasteiger partial charge on any atom is 0.260 e. The van der Waals surface area contributed by atoms with Crippen LogP contribution in [0.15, 0.2) is 51.8 Å². The van der Waals surface area contributed by atoms with Crippen LogP contribution < -0.4 is 10.5 Å². The van der Waals surface area contributed by atoms with Crippen LogP contribution >= 0.6 is 11.6 Å². The number of allylic oxidation sites excluding steroid dienone is 3. The summed E-state index contributed by atoms with van der Waals surface area (Å²) < 4.78 is 7.70. The number of nitrogens with two attached hydrogens (primary N) is 1. The largest absolute Gasteiger partial charge is 0.474 e. The third-order valence-corrected chi connectivity index (χ3v) is 5.36. The summed E-state index contributed by atoms with van der Waals surface area (Å²) in [6.45, 7) is 5.30. The molecule has 0 saturated carbocycles.